The fourth-order valence-electron chi connectivity index (χ4n) is 2.00. The molecule has 3 heteroatoms. The second-order valence-corrected chi connectivity index (χ2v) is 4.78. The molecule has 0 saturated heterocycles. The van der Waals surface area contributed by atoms with Gasteiger partial charge in [0.1, 0.15) is 0 Å². The van der Waals surface area contributed by atoms with Crippen molar-refractivity contribution in [1.29, 1.82) is 0 Å². The van der Waals surface area contributed by atoms with Gasteiger partial charge in [0.25, 0.3) is 0 Å². The van der Waals surface area contributed by atoms with Crippen molar-refractivity contribution in [2.45, 2.75) is 57.8 Å². The van der Waals surface area contributed by atoms with Gasteiger partial charge in [-0.2, -0.15) is 0 Å². The molecule has 104 valence electrons. The molecule has 3 nitrogen and oxygen atoms in total. The molecule has 0 amide bonds. The third-order valence-electron chi connectivity index (χ3n) is 3.08. The van der Waals surface area contributed by atoms with E-state index < -0.39 is 0 Å². The number of hydrogen-bond donors (Lipinski definition) is 0. The molecule has 0 unspecified atom stereocenters. The number of carbonyl (C=O) groups is 1. The summed E-state index contributed by atoms with van der Waals surface area (Å²) in [4.78, 5) is 11.4. The molecule has 0 aromatic rings. The van der Waals surface area contributed by atoms with Crippen molar-refractivity contribution in [1.82, 2.24) is 0 Å². The maximum Gasteiger partial charge on any atom is 0.305 e. The van der Waals surface area contributed by atoms with Crippen molar-refractivity contribution in [2.24, 2.45) is 0 Å². The van der Waals surface area contributed by atoms with Gasteiger partial charge in [-0.05, 0) is 19.3 Å². The highest BCUT2D eigenvalue weighted by atomic mass is 16.5. The van der Waals surface area contributed by atoms with E-state index in [0.717, 1.165) is 25.7 Å². The van der Waals surface area contributed by atoms with Crippen molar-refractivity contribution < 1.29 is 14.3 Å². The molecule has 0 aromatic carbocycles. The number of carbonyl (C=O) groups excluding carboxylic acids is 1. The smallest absolute Gasteiger partial charge is 0.305 e. The summed E-state index contributed by atoms with van der Waals surface area (Å²) < 4.78 is 10.5. The Morgan fingerprint density at radius 3 is 2.50 bits per heavy atom. The first-order chi connectivity index (χ1) is 8.89. The van der Waals surface area contributed by atoms with E-state index >= 15 is 0 Å². The summed E-state index contributed by atoms with van der Waals surface area (Å²) >= 11 is 0. The molecule has 0 atom stereocenters. The van der Waals surface area contributed by atoms with Crippen LogP contribution < -0.4 is 0 Å². The van der Waals surface area contributed by atoms with Crippen LogP contribution in [0.25, 0.3) is 0 Å². The standard InChI is InChI=1S/C15H26O3/c16-15-11-8-6-4-2-1-3-5-7-9-12-17-13-10-14-18-15/h7,9H,1-6,8,10-14H2. The second kappa shape index (κ2) is 11.3. The lowest BCUT2D eigenvalue weighted by atomic mass is 10.1. The van der Waals surface area contributed by atoms with Gasteiger partial charge in [0.15, 0.2) is 0 Å². The molecule has 0 bridgehead atoms. The van der Waals surface area contributed by atoms with Crippen LogP contribution in [0.3, 0.4) is 0 Å². The Balaban J connectivity index is 2.17. The van der Waals surface area contributed by atoms with Crippen LogP contribution in [0.2, 0.25) is 0 Å². The fourth-order valence-corrected chi connectivity index (χ4v) is 2.00. The molecular weight excluding hydrogens is 228 g/mol. The van der Waals surface area contributed by atoms with Crippen LogP contribution >= 0.6 is 0 Å². The molecule has 0 radical (unpaired) electrons. The molecule has 18 heavy (non-hydrogen) atoms. The van der Waals surface area contributed by atoms with E-state index in [4.69, 9.17) is 9.47 Å². The minimum Gasteiger partial charge on any atom is -0.466 e. The topological polar surface area (TPSA) is 35.5 Å². The average molecular weight is 254 g/mol. The van der Waals surface area contributed by atoms with E-state index in [9.17, 15) is 4.79 Å². The Bertz CT molecular complexity index is 236. The minimum atomic E-state index is -0.0563. The van der Waals surface area contributed by atoms with Gasteiger partial charge in [-0.3, -0.25) is 4.79 Å². The molecule has 0 aliphatic carbocycles. The summed E-state index contributed by atoms with van der Waals surface area (Å²) in [6.45, 7) is 1.83. The van der Waals surface area contributed by atoms with Gasteiger partial charge in [0, 0.05) is 12.8 Å². The number of ether oxygens (including phenoxy) is 2. The number of rotatable bonds is 0. The molecule has 0 spiro atoms. The largest absolute Gasteiger partial charge is 0.466 e. The van der Waals surface area contributed by atoms with Crippen LogP contribution in [-0.2, 0) is 14.3 Å². The van der Waals surface area contributed by atoms with Gasteiger partial charge < -0.3 is 9.47 Å². The molecule has 1 aliphatic heterocycles. The van der Waals surface area contributed by atoms with E-state index in [0.29, 0.717) is 26.2 Å². The minimum absolute atomic E-state index is 0.0563. The summed E-state index contributed by atoms with van der Waals surface area (Å²) in [6.07, 6.45) is 14.0. The Hall–Kier alpha value is -0.830. The highest BCUT2D eigenvalue weighted by Gasteiger charge is 2.02. The van der Waals surface area contributed by atoms with Crippen molar-refractivity contribution in [3.8, 4) is 0 Å². The van der Waals surface area contributed by atoms with Crippen LogP contribution in [0.4, 0.5) is 0 Å². The molecule has 0 saturated carbocycles. The lowest BCUT2D eigenvalue weighted by molar-refractivity contribution is -0.144. The van der Waals surface area contributed by atoms with Crippen LogP contribution in [0, 0.1) is 0 Å². The quantitative estimate of drug-likeness (QED) is 0.489. The lowest BCUT2D eigenvalue weighted by Crippen LogP contribution is -2.07. The van der Waals surface area contributed by atoms with Gasteiger partial charge in [-0.1, -0.05) is 37.8 Å². The summed E-state index contributed by atoms with van der Waals surface area (Å²) in [5, 5.41) is 0. The maximum absolute atomic E-state index is 11.4. The molecule has 0 N–H and O–H groups in total. The monoisotopic (exact) mass is 254 g/mol. The molecule has 1 rings (SSSR count). The Labute approximate surface area is 111 Å². The predicted molar refractivity (Wildman–Crippen MR) is 72.5 cm³/mol. The Morgan fingerprint density at radius 2 is 1.61 bits per heavy atom. The number of allylic oxidation sites excluding steroid dienone is 1. The molecular formula is C15H26O3. The lowest BCUT2D eigenvalue weighted by Gasteiger charge is -2.05. The maximum atomic E-state index is 11.4. The van der Waals surface area contributed by atoms with E-state index in [1.165, 1.54) is 25.7 Å². The summed E-state index contributed by atoms with van der Waals surface area (Å²) in [6, 6.07) is 0. The second-order valence-electron chi connectivity index (χ2n) is 4.78. The normalized spacial score (nSPS) is 22.1. The zero-order chi connectivity index (χ0) is 12.9. The van der Waals surface area contributed by atoms with Gasteiger partial charge in [-0.15, -0.1) is 0 Å². The molecule has 0 fully saturated rings. The molecule has 0 aromatic heterocycles. The first kappa shape index (κ1) is 15.2. The number of cyclic esters (lactones) is 1. The summed E-state index contributed by atoms with van der Waals surface area (Å²) in [5.74, 6) is -0.0563. The number of hydrogen-bond acceptors (Lipinski definition) is 3. The Kier molecular flexibility index (Phi) is 9.54. The van der Waals surface area contributed by atoms with E-state index in [2.05, 4.69) is 12.2 Å². The highest BCUT2D eigenvalue weighted by molar-refractivity contribution is 5.69. The van der Waals surface area contributed by atoms with Gasteiger partial charge in [0.05, 0.1) is 19.8 Å². The zero-order valence-electron chi connectivity index (χ0n) is 11.4. The SMILES string of the molecule is O=C1CCCCCCCCC=CCOCCCO1. The van der Waals surface area contributed by atoms with E-state index in [-0.39, 0.29) is 5.97 Å². The predicted octanol–water partition coefficient (Wildman–Crippen LogP) is 3.63. The summed E-state index contributed by atoms with van der Waals surface area (Å²) in [5.41, 5.74) is 0. The van der Waals surface area contributed by atoms with Crippen LogP contribution in [-0.4, -0.2) is 25.8 Å². The van der Waals surface area contributed by atoms with Gasteiger partial charge in [0.2, 0.25) is 0 Å². The van der Waals surface area contributed by atoms with E-state index in [1.54, 1.807) is 0 Å². The van der Waals surface area contributed by atoms with Crippen LogP contribution in [0.5, 0.6) is 0 Å². The molecule has 1 aliphatic rings. The van der Waals surface area contributed by atoms with Crippen LogP contribution in [0.15, 0.2) is 12.2 Å². The van der Waals surface area contributed by atoms with Gasteiger partial charge in [-0.25, -0.2) is 0 Å². The van der Waals surface area contributed by atoms with Crippen molar-refractivity contribution in [3.05, 3.63) is 12.2 Å². The third kappa shape index (κ3) is 9.23. The van der Waals surface area contributed by atoms with Crippen molar-refractivity contribution in [2.75, 3.05) is 19.8 Å². The molecule has 1 heterocycles. The average Bonchev–Trinajstić information content (AvgIpc) is 2.37. The third-order valence-corrected chi connectivity index (χ3v) is 3.08. The fraction of sp³-hybridized carbons (Fsp3) is 0.800. The van der Waals surface area contributed by atoms with Crippen molar-refractivity contribution >= 4 is 5.97 Å². The van der Waals surface area contributed by atoms with Crippen molar-refractivity contribution in [3.63, 3.8) is 0 Å². The first-order valence-electron chi connectivity index (χ1n) is 7.28. The highest BCUT2D eigenvalue weighted by Crippen LogP contribution is 2.09. The Morgan fingerprint density at radius 1 is 0.833 bits per heavy atom. The zero-order valence-corrected chi connectivity index (χ0v) is 11.4. The first-order valence-corrected chi connectivity index (χ1v) is 7.28. The summed E-state index contributed by atoms with van der Waals surface area (Å²) in [7, 11) is 0. The van der Waals surface area contributed by atoms with Crippen LogP contribution in [0.1, 0.15) is 57.8 Å². The van der Waals surface area contributed by atoms with Gasteiger partial charge >= 0.3 is 5.97 Å². The number of esters is 1. The van der Waals surface area contributed by atoms with E-state index in [1.807, 2.05) is 0 Å².